The van der Waals surface area contributed by atoms with Gasteiger partial charge in [0.15, 0.2) is 0 Å². The van der Waals surface area contributed by atoms with Crippen LogP contribution in [0.1, 0.15) is 5.56 Å². The molecule has 1 aromatic carbocycles. The minimum absolute atomic E-state index is 0.402. The SMILES string of the molecule is F[C@H](CBr)Cc1cccc(Br)c1. The number of hydrogen-bond donors (Lipinski definition) is 0. The monoisotopic (exact) mass is 294 g/mol. The molecule has 0 N–H and O–H groups in total. The summed E-state index contributed by atoms with van der Waals surface area (Å²) in [5.74, 6) is 0. The van der Waals surface area contributed by atoms with Crippen LogP contribution in [0, 0.1) is 0 Å². The van der Waals surface area contributed by atoms with Gasteiger partial charge in [0.05, 0.1) is 0 Å². The van der Waals surface area contributed by atoms with Gasteiger partial charge in [-0.3, -0.25) is 0 Å². The molecule has 0 radical (unpaired) electrons. The lowest BCUT2D eigenvalue weighted by Gasteiger charge is -2.04. The van der Waals surface area contributed by atoms with Crippen LogP contribution < -0.4 is 0 Å². The Morgan fingerprint density at radius 2 is 2.17 bits per heavy atom. The second-order valence-corrected chi connectivity index (χ2v) is 4.15. The van der Waals surface area contributed by atoms with E-state index in [0.717, 1.165) is 10.0 Å². The average Bonchev–Trinajstić information content (AvgIpc) is 2.04. The lowest BCUT2D eigenvalue weighted by molar-refractivity contribution is 0.368. The van der Waals surface area contributed by atoms with Crippen LogP contribution in [0.15, 0.2) is 28.7 Å². The maximum atomic E-state index is 12.9. The van der Waals surface area contributed by atoms with E-state index in [1.165, 1.54) is 0 Å². The third-order valence-corrected chi connectivity index (χ3v) is 2.71. The zero-order valence-electron chi connectivity index (χ0n) is 6.43. The highest BCUT2D eigenvalue weighted by atomic mass is 79.9. The molecule has 66 valence electrons. The fraction of sp³-hybridized carbons (Fsp3) is 0.333. The summed E-state index contributed by atoms with van der Waals surface area (Å²) in [6, 6.07) is 7.72. The normalized spacial score (nSPS) is 12.9. The van der Waals surface area contributed by atoms with Crippen LogP contribution in [0.25, 0.3) is 0 Å². The van der Waals surface area contributed by atoms with Crippen LogP contribution in [-0.4, -0.2) is 11.5 Å². The fourth-order valence-electron chi connectivity index (χ4n) is 0.974. The van der Waals surface area contributed by atoms with Crippen molar-refractivity contribution in [2.24, 2.45) is 0 Å². The molecule has 0 aliphatic carbocycles. The lowest BCUT2D eigenvalue weighted by Crippen LogP contribution is -2.05. The van der Waals surface area contributed by atoms with Crippen molar-refractivity contribution >= 4 is 31.9 Å². The molecule has 0 aliphatic rings. The molecule has 0 aromatic heterocycles. The van der Waals surface area contributed by atoms with E-state index in [9.17, 15) is 4.39 Å². The third-order valence-electron chi connectivity index (χ3n) is 1.51. The van der Waals surface area contributed by atoms with Gasteiger partial charge in [-0.1, -0.05) is 44.0 Å². The molecule has 0 saturated heterocycles. The maximum Gasteiger partial charge on any atom is 0.114 e. The summed E-state index contributed by atoms with van der Waals surface area (Å²) in [6.45, 7) is 0. The maximum absolute atomic E-state index is 12.9. The molecule has 0 heterocycles. The minimum atomic E-state index is -0.792. The van der Waals surface area contributed by atoms with Gasteiger partial charge in [0.25, 0.3) is 0 Å². The van der Waals surface area contributed by atoms with Crippen LogP contribution in [0.3, 0.4) is 0 Å². The van der Waals surface area contributed by atoms with E-state index in [-0.39, 0.29) is 0 Å². The van der Waals surface area contributed by atoms with E-state index in [2.05, 4.69) is 31.9 Å². The van der Waals surface area contributed by atoms with Gasteiger partial charge in [-0.25, -0.2) is 4.39 Å². The Hall–Kier alpha value is 0.110. The summed E-state index contributed by atoms with van der Waals surface area (Å²) in [7, 11) is 0. The van der Waals surface area contributed by atoms with E-state index in [4.69, 9.17) is 0 Å². The fourth-order valence-corrected chi connectivity index (χ4v) is 1.65. The topological polar surface area (TPSA) is 0 Å². The van der Waals surface area contributed by atoms with Gasteiger partial charge in [0.2, 0.25) is 0 Å². The third kappa shape index (κ3) is 3.23. The molecule has 0 unspecified atom stereocenters. The summed E-state index contributed by atoms with van der Waals surface area (Å²) >= 11 is 6.44. The van der Waals surface area contributed by atoms with Gasteiger partial charge in [0.1, 0.15) is 6.17 Å². The minimum Gasteiger partial charge on any atom is -0.246 e. The van der Waals surface area contributed by atoms with Crippen molar-refractivity contribution in [3.63, 3.8) is 0 Å². The first-order valence-electron chi connectivity index (χ1n) is 3.67. The van der Waals surface area contributed by atoms with Crippen molar-refractivity contribution in [2.45, 2.75) is 12.6 Å². The largest absolute Gasteiger partial charge is 0.246 e. The first-order valence-corrected chi connectivity index (χ1v) is 5.58. The molecule has 1 aromatic rings. The highest BCUT2D eigenvalue weighted by molar-refractivity contribution is 9.10. The van der Waals surface area contributed by atoms with Gasteiger partial charge < -0.3 is 0 Å². The second-order valence-electron chi connectivity index (χ2n) is 2.59. The molecule has 1 rings (SSSR count). The molecular weight excluding hydrogens is 287 g/mol. The summed E-state index contributed by atoms with van der Waals surface area (Å²) in [5, 5.41) is 0.402. The zero-order chi connectivity index (χ0) is 8.97. The van der Waals surface area contributed by atoms with Crippen molar-refractivity contribution in [3.8, 4) is 0 Å². The quantitative estimate of drug-likeness (QED) is 0.746. The van der Waals surface area contributed by atoms with Gasteiger partial charge in [0, 0.05) is 16.2 Å². The zero-order valence-corrected chi connectivity index (χ0v) is 9.61. The Labute approximate surface area is 88.4 Å². The number of halogens is 3. The molecule has 0 spiro atoms. The summed E-state index contributed by atoms with van der Waals surface area (Å²) < 4.78 is 13.9. The number of benzene rings is 1. The molecular formula is C9H9Br2F. The van der Waals surface area contributed by atoms with Crippen LogP contribution in [0.2, 0.25) is 0 Å². The van der Waals surface area contributed by atoms with Crippen LogP contribution in [0.4, 0.5) is 4.39 Å². The number of rotatable bonds is 3. The molecule has 0 amide bonds. The van der Waals surface area contributed by atoms with Crippen molar-refractivity contribution in [2.75, 3.05) is 5.33 Å². The molecule has 0 saturated carbocycles. The smallest absolute Gasteiger partial charge is 0.114 e. The Bertz CT molecular complexity index is 250. The molecule has 0 fully saturated rings. The van der Waals surface area contributed by atoms with Crippen LogP contribution in [-0.2, 0) is 6.42 Å². The number of hydrogen-bond acceptors (Lipinski definition) is 0. The average molecular weight is 296 g/mol. The standard InChI is InChI=1S/C9H9Br2F/c10-6-9(12)5-7-2-1-3-8(11)4-7/h1-4,9H,5-6H2/t9-/m0/s1. The van der Waals surface area contributed by atoms with Crippen LogP contribution in [0.5, 0.6) is 0 Å². The van der Waals surface area contributed by atoms with Crippen molar-refractivity contribution in [1.82, 2.24) is 0 Å². The Kier molecular flexibility index (Phi) is 4.22. The van der Waals surface area contributed by atoms with E-state index in [1.807, 2.05) is 24.3 Å². The van der Waals surface area contributed by atoms with Gasteiger partial charge in [-0.05, 0) is 17.7 Å². The Balaban J connectivity index is 2.63. The molecule has 12 heavy (non-hydrogen) atoms. The highest BCUT2D eigenvalue weighted by Crippen LogP contribution is 2.14. The molecule has 3 heteroatoms. The summed E-state index contributed by atoms with van der Waals surface area (Å²) in [6.07, 6.45) is -0.315. The first-order chi connectivity index (χ1) is 5.72. The summed E-state index contributed by atoms with van der Waals surface area (Å²) in [4.78, 5) is 0. The van der Waals surface area contributed by atoms with Crippen LogP contribution >= 0.6 is 31.9 Å². The molecule has 0 nitrogen and oxygen atoms in total. The first kappa shape index (κ1) is 10.2. The van der Waals surface area contributed by atoms with Crippen molar-refractivity contribution in [1.29, 1.82) is 0 Å². The van der Waals surface area contributed by atoms with Gasteiger partial charge in [-0.2, -0.15) is 0 Å². The summed E-state index contributed by atoms with van der Waals surface area (Å²) in [5.41, 5.74) is 1.02. The lowest BCUT2D eigenvalue weighted by atomic mass is 10.1. The second kappa shape index (κ2) is 4.97. The Morgan fingerprint density at radius 3 is 2.75 bits per heavy atom. The van der Waals surface area contributed by atoms with Gasteiger partial charge in [-0.15, -0.1) is 0 Å². The number of alkyl halides is 2. The van der Waals surface area contributed by atoms with Crippen molar-refractivity contribution in [3.05, 3.63) is 34.3 Å². The van der Waals surface area contributed by atoms with Gasteiger partial charge >= 0.3 is 0 Å². The Morgan fingerprint density at radius 1 is 1.42 bits per heavy atom. The molecule has 0 aliphatic heterocycles. The van der Waals surface area contributed by atoms with E-state index in [1.54, 1.807) is 0 Å². The van der Waals surface area contributed by atoms with Crippen molar-refractivity contribution < 1.29 is 4.39 Å². The predicted molar refractivity (Wildman–Crippen MR) is 56.5 cm³/mol. The molecule has 1 atom stereocenters. The van der Waals surface area contributed by atoms with E-state index in [0.29, 0.717) is 11.8 Å². The predicted octanol–water partition coefficient (Wildman–Crippen LogP) is 3.72. The highest BCUT2D eigenvalue weighted by Gasteiger charge is 2.04. The van der Waals surface area contributed by atoms with E-state index < -0.39 is 6.17 Å². The molecule has 0 bridgehead atoms. The van der Waals surface area contributed by atoms with E-state index >= 15 is 0 Å².